The minimum Gasteiger partial charge on any atom is -0.506 e. The fourth-order valence-corrected chi connectivity index (χ4v) is 8.79. The highest BCUT2D eigenvalue weighted by atomic mass is 32.1. The minimum atomic E-state index is -4.60. The molecular formula is C36H37F3N6O3S2. The fourth-order valence-electron chi connectivity index (χ4n) is 7.15. The van der Waals surface area contributed by atoms with E-state index >= 15 is 0 Å². The van der Waals surface area contributed by atoms with Crippen molar-refractivity contribution in [1.29, 1.82) is 0 Å². The lowest BCUT2D eigenvalue weighted by atomic mass is 9.72. The summed E-state index contributed by atoms with van der Waals surface area (Å²) in [7, 11) is 1.64. The van der Waals surface area contributed by atoms with E-state index in [0.717, 1.165) is 70.0 Å². The number of aromatic nitrogens is 2. The lowest BCUT2D eigenvalue weighted by Crippen LogP contribution is -2.47. The molecule has 3 aromatic carbocycles. The number of hydrogen-bond acceptors (Lipinski definition) is 9. The molecule has 262 valence electrons. The largest absolute Gasteiger partial charge is 0.506 e. The van der Waals surface area contributed by atoms with Crippen molar-refractivity contribution in [3.8, 4) is 22.1 Å². The van der Waals surface area contributed by atoms with E-state index in [1.807, 2.05) is 36.4 Å². The second kappa shape index (κ2) is 12.7. The number of carbonyl (C=O) groups excluding carboxylic acids is 1. The van der Waals surface area contributed by atoms with Gasteiger partial charge in [0.1, 0.15) is 22.3 Å². The second-order valence-corrected chi connectivity index (χ2v) is 15.9. The van der Waals surface area contributed by atoms with E-state index in [4.69, 9.17) is 9.72 Å². The number of aromatic hydroxyl groups is 1. The minimum absolute atomic E-state index is 0.113. The number of methoxy groups -OCH3 is 1. The van der Waals surface area contributed by atoms with Crippen LogP contribution in [0, 0.1) is 5.41 Å². The van der Waals surface area contributed by atoms with Crippen LogP contribution in [0.25, 0.3) is 20.8 Å². The Hall–Kier alpha value is -4.40. The highest BCUT2D eigenvalue weighted by molar-refractivity contribution is 7.21. The molecular weight excluding hydrogens is 686 g/mol. The molecule has 0 atom stereocenters. The Balaban J connectivity index is 1.28. The van der Waals surface area contributed by atoms with E-state index in [1.54, 1.807) is 36.6 Å². The number of hydrogen-bond donors (Lipinski definition) is 3. The van der Waals surface area contributed by atoms with Crippen LogP contribution < -0.4 is 20.3 Å². The van der Waals surface area contributed by atoms with Crippen molar-refractivity contribution < 1.29 is 27.8 Å². The van der Waals surface area contributed by atoms with E-state index in [0.29, 0.717) is 34.9 Å². The molecule has 3 N–H and O–H groups in total. The Kier molecular flexibility index (Phi) is 8.68. The van der Waals surface area contributed by atoms with E-state index in [1.165, 1.54) is 0 Å². The third-order valence-electron chi connectivity index (χ3n) is 9.19. The molecule has 2 amide bonds. The first-order chi connectivity index (χ1) is 23.7. The quantitative estimate of drug-likeness (QED) is 0.161. The molecule has 9 nitrogen and oxygen atoms in total. The van der Waals surface area contributed by atoms with E-state index < -0.39 is 17.2 Å². The molecule has 2 aliphatic heterocycles. The van der Waals surface area contributed by atoms with Crippen LogP contribution in [0.4, 0.5) is 40.8 Å². The van der Waals surface area contributed by atoms with Gasteiger partial charge in [-0.25, -0.2) is 14.8 Å². The van der Waals surface area contributed by atoms with Crippen molar-refractivity contribution in [1.82, 2.24) is 14.9 Å². The summed E-state index contributed by atoms with van der Waals surface area (Å²) in [6.07, 6.45) is -2.90. The molecule has 0 unspecified atom stereocenters. The van der Waals surface area contributed by atoms with Gasteiger partial charge in [0.25, 0.3) is 0 Å². The lowest BCUT2D eigenvalue weighted by molar-refractivity contribution is -0.137. The molecule has 50 heavy (non-hydrogen) atoms. The van der Waals surface area contributed by atoms with Gasteiger partial charge in [-0.05, 0) is 79.4 Å². The highest BCUT2D eigenvalue weighted by Crippen LogP contribution is 2.57. The van der Waals surface area contributed by atoms with Crippen molar-refractivity contribution in [2.24, 2.45) is 5.41 Å². The van der Waals surface area contributed by atoms with Gasteiger partial charge in [-0.15, -0.1) is 22.7 Å². The van der Waals surface area contributed by atoms with E-state index in [9.17, 15) is 23.1 Å². The van der Waals surface area contributed by atoms with Crippen molar-refractivity contribution in [3.63, 3.8) is 0 Å². The number of likely N-dealkylation sites (tertiary alicyclic amines) is 1. The van der Waals surface area contributed by atoms with Crippen molar-refractivity contribution >= 4 is 61.8 Å². The number of anilines is 4. The van der Waals surface area contributed by atoms with Crippen LogP contribution in [-0.4, -0.2) is 59.3 Å². The van der Waals surface area contributed by atoms with E-state index in [-0.39, 0.29) is 22.4 Å². The third kappa shape index (κ3) is 6.59. The topological polar surface area (TPSA) is 103 Å². The summed E-state index contributed by atoms with van der Waals surface area (Å²) in [5.74, 6) is 0.670. The number of nitrogens with zero attached hydrogens (tertiary/aromatic N) is 4. The Morgan fingerprint density at radius 3 is 2.50 bits per heavy atom. The van der Waals surface area contributed by atoms with Crippen LogP contribution in [0.2, 0.25) is 0 Å². The number of amides is 2. The number of alkyl halides is 3. The average Bonchev–Trinajstić information content (AvgIpc) is 3.79. The number of thiazole rings is 2. The van der Waals surface area contributed by atoms with Gasteiger partial charge in [0, 0.05) is 29.4 Å². The molecule has 2 aliphatic rings. The number of carbonyl (C=O) groups is 1. The second-order valence-electron chi connectivity index (χ2n) is 14.0. The number of phenols is 1. The Morgan fingerprint density at radius 1 is 1.04 bits per heavy atom. The summed E-state index contributed by atoms with van der Waals surface area (Å²) in [5.41, 5.74) is 4.39. The number of phenolic OH excluding ortho intramolecular Hbond substituents is 1. The molecule has 1 fully saturated rings. The van der Waals surface area contributed by atoms with Crippen molar-refractivity contribution in [2.75, 3.05) is 48.8 Å². The molecule has 4 heterocycles. The number of ether oxygens (including phenoxy) is 1. The summed E-state index contributed by atoms with van der Waals surface area (Å²) in [6, 6.07) is 16.0. The molecule has 14 heteroatoms. The Bertz CT molecular complexity index is 2060. The average molecular weight is 723 g/mol. The molecule has 2 aromatic heterocycles. The number of urea groups is 1. The van der Waals surface area contributed by atoms with Crippen LogP contribution in [0.15, 0.2) is 60.0 Å². The fraction of sp³-hybridized carbons (Fsp3) is 0.361. The summed E-state index contributed by atoms with van der Waals surface area (Å²) in [5, 5.41) is 17.8. The zero-order valence-corrected chi connectivity index (χ0v) is 29.7. The SMILES string of the molecule is COc1ccc2nc(-c3ccc(O)c4c3C3(CCN(CC(C)(C)C)CC3)CN4c3ccccc3NC(=O)Nc3csc(C(F)(F)F)n3)sc2c1. The maximum absolute atomic E-state index is 13.1. The molecule has 1 saturated heterocycles. The number of benzene rings is 3. The van der Waals surface area contributed by atoms with Crippen LogP contribution in [-0.2, 0) is 11.6 Å². The molecule has 0 saturated carbocycles. The zero-order chi connectivity index (χ0) is 35.4. The van der Waals surface area contributed by atoms with Gasteiger partial charge in [0.2, 0.25) is 0 Å². The van der Waals surface area contributed by atoms with Gasteiger partial charge < -0.3 is 25.0 Å². The molecule has 7 rings (SSSR count). The van der Waals surface area contributed by atoms with Gasteiger partial charge in [-0.3, -0.25) is 5.32 Å². The van der Waals surface area contributed by atoms with Gasteiger partial charge in [-0.1, -0.05) is 32.9 Å². The number of nitrogens with one attached hydrogen (secondary N) is 2. The summed E-state index contributed by atoms with van der Waals surface area (Å²) in [6.45, 7) is 10.0. The lowest BCUT2D eigenvalue weighted by Gasteiger charge is -2.42. The number of para-hydroxylation sites is 2. The molecule has 0 bridgehead atoms. The first kappa shape index (κ1) is 34.1. The van der Waals surface area contributed by atoms with Gasteiger partial charge in [-0.2, -0.15) is 13.2 Å². The van der Waals surface area contributed by atoms with Crippen LogP contribution in [0.5, 0.6) is 11.5 Å². The predicted molar refractivity (Wildman–Crippen MR) is 193 cm³/mol. The van der Waals surface area contributed by atoms with Gasteiger partial charge in [0.05, 0.1) is 34.4 Å². The summed E-state index contributed by atoms with van der Waals surface area (Å²) >= 11 is 1.99. The predicted octanol–water partition coefficient (Wildman–Crippen LogP) is 9.33. The number of halogens is 3. The van der Waals surface area contributed by atoms with Gasteiger partial charge in [0.15, 0.2) is 5.01 Å². The number of fused-ring (bicyclic) bond motifs is 3. The Labute approximate surface area is 295 Å². The maximum atomic E-state index is 13.1. The van der Waals surface area contributed by atoms with Crippen molar-refractivity contribution in [2.45, 2.75) is 45.2 Å². The van der Waals surface area contributed by atoms with E-state index in [2.05, 4.69) is 46.2 Å². The standard InChI is InChI=1S/C36H37F3N6O3S2/c1-34(2,3)19-44-15-13-35(14-16-44)20-45(25-8-6-5-7-23(25)41-33(47)43-28-18-49-32(42-28)36(37,38)39)30-26(46)12-10-22(29(30)35)31-40-24-11-9-21(48-4)17-27(24)50-31/h5-12,17-18,46H,13-16,19-20H2,1-4H3,(H2,41,43,47). The zero-order valence-electron chi connectivity index (χ0n) is 28.0. The number of rotatable bonds is 6. The maximum Gasteiger partial charge on any atom is 0.443 e. The normalized spacial score (nSPS) is 16.2. The van der Waals surface area contributed by atoms with Gasteiger partial charge >= 0.3 is 12.2 Å². The monoisotopic (exact) mass is 722 g/mol. The first-order valence-electron chi connectivity index (χ1n) is 16.2. The summed E-state index contributed by atoms with van der Waals surface area (Å²) < 4.78 is 45.8. The molecule has 5 aromatic rings. The highest BCUT2D eigenvalue weighted by Gasteiger charge is 2.49. The van der Waals surface area contributed by atoms with Crippen molar-refractivity contribution in [3.05, 3.63) is 70.5 Å². The molecule has 0 aliphatic carbocycles. The number of piperidine rings is 1. The third-order valence-corrected chi connectivity index (χ3v) is 11.1. The summed E-state index contributed by atoms with van der Waals surface area (Å²) in [4.78, 5) is 26.2. The smallest absolute Gasteiger partial charge is 0.443 e. The first-order valence-corrected chi connectivity index (χ1v) is 17.9. The molecule has 1 spiro atoms. The van der Waals surface area contributed by atoms with Crippen LogP contribution in [0.3, 0.4) is 0 Å². The van der Waals surface area contributed by atoms with Crippen LogP contribution >= 0.6 is 22.7 Å². The van der Waals surface area contributed by atoms with Crippen LogP contribution in [0.1, 0.15) is 44.2 Å². The molecule has 0 radical (unpaired) electrons. The Morgan fingerprint density at radius 2 is 1.80 bits per heavy atom.